The van der Waals surface area contributed by atoms with E-state index in [2.05, 4.69) is 10.3 Å². The zero-order valence-corrected chi connectivity index (χ0v) is 11.9. The van der Waals surface area contributed by atoms with E-state index < -0.39 is 0 Å². The van der Waals surface area contributed by atoms with Gasteiger partial charge in [-0.2, -0.15) is 0 Å². The fourth-order valence-electron chi connectivity index (χ4n) is 2.07. The molecule has 2 N–H and O–H groups in total. The fourth-order valence-corrected chi connectivity index (χ4v) is 2.07. The number of rotatable bonds is 7. The average Bonchev–Trinajstić information content (AvgIpc) is 2.98. The van der Waals surface area contributed by atoms with E-state index in [1.807, 2.05) is 30.3 Å². The standard InChI is InChI=1S/C15H19N3O3/c1-21-10-12(7-8-19)17-15(20)14-9-16-11-18(14)13-5-3-2-4-6-13/h2-6,9,11-12,19H,7-8,10H2,1H3,(H,17,20). The topological polar surface area (TPSA) is 76.4 Å². The van der Waals surface area contributed by atoms with Gasteiger partial charge in [-0.3, -0.25) is 9.36 Å². The number of amides is 1. The second kappa shape index (κ2) is 7.56. The van der Waals surface area contributed by atoms with Crippen molar-refractivity contribution in [3.05, 3.63) is 48.5 Å². The van der Waals surface area contributed by atoms with E-state index >= 15 is 0 Å². The Kier molecular flexibility index (Phi) is 5.48. The summed E-state index contributed by atoms with van der Waals surface area (Å²) in [6.45, 7) is 0.345. The number of aliphatic hydroxyl groups excluding tert-OH is 1. The molecule has 0 aliphatic carbocycles. The Morgan fingerprint density at radius 1 is 1.43 bits per heavy atom. The van der Waals surface area contributed by atoms with Gasteiger partial charge < -0.3 is 15.2 Å². The van der Waals surface area contributed by atoms with Crippen molar-refractivity contribution in [1.29, 1.82) is 0 Å². The van der Waals surface area contributed by atoms with Crippen LogP contribution in [0, 0.1) is 0 Å². The summed E-state index contributed by atoms with van der Waals surface area (Å²) in [4.78, 5) is 16.4. The lowest BCUT2D eigenvalue weighted by atomic mass is 10.2. The zero-order valence-electron chi connectivity index (χ0n) is 11.9. The summed E-state index contributed by atoms with van der Waals surface area (Å²) in [6, 6.07) is 9.28. The predicted octanol–water partition coefficient (Wildman–Crippen LogP) is 0.999. The van der Waals surface area contributed by atoms with Crippen LogP contribution in [0.4, 0.5) is 0 Å². The van der Waals surface area contributed by atoms with Crippen LogP contribution < -0.4 is 5.32 Å². The van der Waals surface area contributed by atoms with E-state index in [0.717, 1.165) is 5.69 Å². The summed E-state index contributed by atoms with van der Waals surface area (Å²) >= 11 is 0. The Morgan fingerprint density at radius 2 is 2.19 bits per heavy atom. The molecule has 1 atom stereocenters. The van der Waals surface area contributed by atoms with Gasteiger partial charge >= 0.3 is 0 Å². The Morgan fingerprint density at radius 3 is 2.86 bits per heavy atom. The van der Waals surface area contributed by atoms with E-state index in [4.69, 9.17) is 9.84 Å². The van der Waals surface area contributed by atoms with Crippen LogP contribution in [-0.2, 0) is 4.74 Å². The quantitative estimate of drug-likeness (QED) is 0.797. The molecular formula is C15H19N3O3. The summed E-state index contributed by atoms with van der Waals surface area (Å²) in [5.41, 5.74) is 1.31. The SMILES string of the molecule is COCC(CCO)NC(=O)c1cncn1-c1ccccc1. The van der Waals surface area contributed by atoms with Crippen LogP contribution in [0.1, 0.15) is 16.9 Å². The number of carbonyl (C=O) groups excluding carboxylic acids is 1. The van der Waals surface area contributed by atoms with Gasteiger partial charge in [-0.25, -0.2) is 4.98 Å². The fraction of sp³-hybridized carbons (Fsp3) is 0.333. The van der Waals surface area contributed by atoms with Crippen molar-refractivity contribution in [2.24, 2.45) is 0 Å². The number of imidazole rings is 1. The summed E-state index contributed by atoms with van der Waals surface area (Å²) in [5.74, 6) is -0.244. The lowest BCUT2D eigenvalue weighted by Gasteiger charge is -2.17. The highest BCUT2D eigenvalue weighted by molar-refractivity contribution is 5.93. The van der Waals surface area contributed by atoms with Gasteiger partial charge in [0.2, 0.25) is 0 Å². The Labute approximate surface area is 123 Å². The number of nitrogens with one attached hydrogen (secondary N) is 1. The molecule has 1 aromatic heterocycles. The van der Waals surface area contributed by atoms with Gasteiger partial charge in [-0.05, 0) is 18.6 Å². The third-order valence-corrected chi connectivity index (χ3v) is 3.09. The lowest BCUT2D eigenvalue weighted by Crippen LogP contribution is -2.39. The molecule has 1 unspecified atom stereocenters. The lowest BCUT2D eigenvalue weighted by molar-refractivity contribution is 0.0872. The molecular weight excluding hydrogens is 270 g/mol. The van der Waals surface area contributed by atoms with Crippen LogP contribution >= 0.6 is 0 Å². The van der Waals surface area contributed by atoms with Crippen molar-refractivity contribution in [2.75, 3.05) is 20.3 Å². The highest BCUT2D eigenvalue weighted by Gasteiger charge is 2.17. The second-order valence-electron chi connectivity index (χ2n) is 4.62. The molecule has 6 heteroatoms. The first-order valence-corrected chi connectivity index (χ1v) is 6.74. The van der Waals surface area contributed by atoms with Crippen LogP contribution in [0.2, 0.25) is 0 Å². The molecule has 0 fully saturated rings. The van der Waals surface area contributed by atoms with E-state index in [1.165, 1.54) is 6.20 Å². The van der Waals surface area contributed by atoms with Gasteiger partial charge in [0.15, 0.2) is 0 Å². The maximum atomic E-state index is 12.4. The number of nitrogens with zero attached hydrogens (tertiary/aromatic N) is 2. The Bertz CT molecular complexity index is 563. The van der Waals surface area contributed by atoms with Crippen molar-refractivity contribution in [3.8, 4) is 5.69 Å². The first-order chi connectivity index (χ1) is 10.3. The van der Waals surface area contributed by atoms with Crippen LogP contribution in [0.3, 0.4) is 0 Å². The molecule has 0 radical (unpaired) electrons. The van der Waals surface area contributed by atoms with Crippen molar-refractivity contribution in [3.63, 3.8) is 0 Å². The summed E-state index contributed by atoms with van der Waals surface area (Å²) in [6.07, 6.45) is 3.56. The molecule has 2 aromatic rings. The van der Waals surface area contributed by atoms with Gasteiger partial charge in [0.25, 0.3) is 5.91 Å². The van der Waals surface area contributed by atoms with Crippen molar-refractivity contribution >= 4 is 5.91 Å². The summed E-state index contributed by atoms with van der Waals surface area (Å²) < 4.78 is 6.76. The number of methoxy groups -OCH3 is 1. The number of hydrogen-bond acceptors (Lipinski definition) is 4. The van der Waals surface area contributed by atoms with Gasteiger partial charge in [-0.1, -0.05) is 18.2 Å². The monoisotopic (exact) mass is 289 g/mol. The number of aliphatic hydroxyl groups is 1. The summed E-state index contributed by atoms with van der Waals surface area (Å²) in [5, 5.41) is 11.9. The maximum absolute atomic E-state index is 12.4. The molecule has 1 amide bonds. The minimum atomic E-state index is -0.244. The minimum Gasteiger partial charge on any atom is -0.396 e. The molecule has 21 heavy (non-hydrogen) atoms. The van der Waals surface area contributed by atoms with Gasteiger partial charge in [0, 0.05) is 19.4 Å². The molecule has 2 rings (SSSR count). The Hall–Kier alpha value is -2.18. The zero-order chi connectivity index (χ0) is 15.1. The molecule has 0 aliphatic rings. The van der Waals surface area contributed by atoms with Crippen LogP contribution in [-0.4, -0.2) is 46.9 Å². The highest BCUT2D eigenvalue weighted by atomic mass is 16.5. The molecule has 6 nitrogen and oxygen atoms in total. The molecule has 1 heterocycles. The van der Waals surface area contributed by atoms with Gasteiger partial charge in [-0.15, -0.1) is 0 Å². The third-order valence-electron chi connectivity index (χ3n) is 3.09. The normalized spacial score (nSPS) is 12.1. The maximum Gasteiger partial charge on any atom is 0.270 e. The second-order valence-corrected chi connectivity index (χ2v) is 4.62. The van der Waals surface area contributed by atoms with E-state index in [1.54, 1.807) is 18.0 Å². The van der Waals surface area contributed by atoms with E-state index in [9.17, 15) is 4.79 Å². The largest absolute Gasteiger partial charge is 0.396 e. The molecule has 0 spiro atoms. The number of benzene rings is 1. The third kappa shape index (κ3) is 3.90. The molecule has 0 saturated carbocycles. The molecule has 0 aliphatic heterocycles. The van der Waals surface area contributed by atoms with E-state index in [0.29, 0.717) is 18.7 Å². The molecule has 1 aromatic carbocycles. The first kappa shape index (κ1) is 15.2. The van der Waals surface area contributed by atoms with Crippen LogP contribution in [0.15, 0.2) is 42.9 Å². The minimum absolute atomic E-state index is 0.00768. The van der Waals surface area contributed by atoms with Gasteiger partial charge in [0.1, 0.15) is 5.69 Å². The number of para-hydroxylation sites is 1. The predicted molar refractivity (Wildman–Crippen MR) is 78.4 cm³/mol. The molecule has 0 saturated heterocycles. The Balaban J connectivity index is 2.15. The smallest absolute Gasteiger partial charge is 0.270 e. The highest BCUT2D eigenvalue weighted by Crippen LogP contribution is 2.11. The summed E-state index contributed by atoms with van der Waals surface area (Å²) in [7, 11) is 1.56. The first-order valence-electron chi connectivity index (χ1n) is 6.74. The van der Waals surface area contributed by atoms with Gasteiger partial charge in [0.05, 0.1) is 25.2 Å². The van der Waals surface area contributed by atoms with Crippen molar-refractivity contribution in [1.82, 2.24) is 14.9 Å². The number of carbonyl (C=O) groups is 1. The van der Waals surface area contributed by atoms with Crippen LogP contribution in [0.5, 0.6) is 0 Å². The molecule has 112 valence electrons. The number of ether oxygens (including phenoxy) is 1. The molecule has 0 bridgehead atoms. The van der Waals surface area contributed by atoms with Crippen molar-refractivity contribution < 1.29 is 14.6 Å². The average molecular weight is 289 g/mol. The van der Waals surface area contributed by atoms with Crippen molar-refractivity contribution in [2.45, 2.75) is 12.5 Å². The number of aromatic nitrogens is 2. The van der Waals surface area contributed by atoms with E-state index in [-0.39, 0.29) is 18.6 Å². The number of hydrogen-bond donors (Lipinski definition) is 2. The van der Waals surface area contributed by atoms with Crippen LogP contribution in [0.25, 0.3) is 5.69 Å².